The molecule has 0 aliphatic carbocycles. The second-order valence-corrected chi connectivity index (χ2v) is 33.8. The number of aliphatic hydroxyl groups is 2. The Bertz CT molecular complexity index is 2510. The molecule has 0 saturated carbocycles. The van der Waals surface area contributed by atoms with Gasteiger partial charge in [0, 0.05) is 91.5 Å². The fourth-order valence-corrected chi connectivity index (χ4v) is 11.6. The number of ether oxygens (including phenoxy) is 2. The van der Waals surface area contributed by atoms with E-state index in [9.17, 15) is 25.5 Å². The molecule has 444 valence electrons. The molecule has 0 heterocycles. The maximum atomic E-state index is 11.3. The number of thioether (sulfide) groups is 2. The van der Waals surface area contributed by atoms with E-state index in [4.69, 9.17) is 14.6 Å². The largest absolute Gasteiger partial charge is 0.507 e. The summed E-state index contributed by atoms with van der Waals surface area (Å²) in [5.41, 5.74) is 5.96. The Morgan fingerprint density at radius 3 is 0.744 bits per heavy atom. The minimum atomic E-state index is -0.417. The van der Waals surface area contributed by atoms with E-state index in [2.05, 4.69) is 202 Å². The van der Waals surface area contributed by atoms with Crippen LogP contribution in [-0.2, 0) is 52.8 Å². The monoisotopic (exact) mass is 1160 g/mol. The molecule has 6 N–H and O–H groups in total. The maximum absolute atomic E-state index is 11.3. The third-order valence-corrected chi connectivity index (χ3v) is 16.8. The summed E-state index contributed by atoms with van der Waals surface area (Å²) in [6, 6.07) is 16.2. The van der Waals surface area contributed by atoms with E-state index in [1.165, 1.54) is 0 Å². The smallest absolute Gasteiger partial charge is 0.161 e. The van der Waals surface area contributed by atoms with Crippen molar-refractivity contribution < 1.29 is 40.1 Å². The van der Waals surface area contributed by atoms with E-state index in [0.717, 1.165) is 64.1 Å². The van der Waals surface area contributed by atoms with E-state index < -0.39 is 5.79 Å². The highest BCUT2D eigenvalue weighted by molar-refractivity contribution is 8.18. The second kappa shape index (κ2) is 27.1. The van der Waals surface area contributed by atoms with Crippen molar-refractivity contribution in [1.82, 2.24) is 0 Å². The first-order valence-electron chi connectivity index (χ1n) is 27.3. The van der Waals surface area contributed by atoms with Crippen molar-refractivity contribution in [2.75, 3.05) is 27.4 Å². The number of aliphatic hydroxyl groups excluding tert-OH is 2. The Balaban J connectivity index is 0.000000612. The molecule has 4 aromatic carbocycles. The highest BCUT2D eigenvalue weighted by Gasteiger charge is 2.34. The normalized spacial score (nSPS) is 13.2. The number of hydrogen-bond acceptors (Lipinski definition) is 12. The molecule has 0 radical (unpaired) electrons. The molecular formula is C66H108O8S4. The van der Waals surface area contributed by atoms with Gasteiger partial charge in [-0.15, -0.1) is 48.8 Å². The second-order valence-electron chi connectivity index (χ2n) is 29.1. The molecule has 0 atom stereocenters. The lowest BCUT2D eigenvalue weighted by atomic mass is 9.77. The van der Waals surface area contributed by atoms with Gasteiger partial charge >= 0.3 is 0 Å². The van der Waals surface area contributed by atoms with Crippen molar-refractivity contribution in [2.45, 2.75) is 266 Å². The van der Waals surface area contributed by atoms with Crippen LogP contribution in [0.2, 0.25) is 0 Å². The summed E-state index contributed by atoms with van der Waals surface area (Å²) in [5.74, 6) is 1.07. The van der Waals surface area contributed by atoms with E-state index in [1.54, 1.807) is 37.7 Å². The van der Waals surface area contributed by atoms with Crippen LogP contribution >= 0.6 is 48.8 Å². The van der Waals surface area contributed by atoms with Gasteiger partial charge in [-0.1, -0.05) is 152 Å². The van der Waals surface area contributed by atoms with Crippen molar-refractivity contribution >= 4 is 48.8 Å². The van der Waals surface area contributed by atoms with Crippen LogP contribution < -0.4 is 0 Å². The zero-order chi connectivity index (χ0) is 61.6. The highest BCUT2D eigenvalue weighted by Crippen LogP contribution is 2.52. The number of hydrogen-bond donors (Lipinski definition) is 8. The van der Waals surface area contributed by atoms with Gasteiger partial charge in [0.1, 0.15) is 23.0 Å². The molecule has 0 spiro atoms. The van der Waals surface area contributed by atoms with Crippen LogP contribution in [0.1, 0.15) is 237 Å². The first-order valence-corrected chi connectivity index (χ1v) is 29.9. The molecule has 0 unspecified atom stereocenters. The molecule has 8 nitrogen and oxygen atoms in total. The number of phenolic OH excluding ortho intramolecular Hbond substituents is 4. The number of thiol groups is 2. The van der Waals surface area contributed by atoms with E-state index >= 15 is 0 Å². The predicted molar refractivity (Wildman–Crippen MR) is 342 cm³/mol. The minimum Gasteiger partial charge on any atom is -0.507 e. The number of benzene rings is 4. The van der Waals surface area contributed by atoms with Crippen LogP contribution in [0, 0.1) is 0 Å². The third-order valence-electron chi connectivity index (χ3n) is 13.8. The van der Waals surface area contributed by atoms with Gasteiger partial charge in [-0.25, -0.2) is 0 Å². The summed E-state index contributed by atoms with van der Waals surface area (Å²) in [4.78, 5) is 4.00. The lowest BCUT2D eigenvalue weighted by Crippen LogP contribution is -2.24. The van der Waals surface area contributed by atoms with Crippen molar-refractivity contribution in [2.24, 2.45) is 0 Å². The van der Waals surface area contributed by atoms with Gasteiger partial charge in [0.05, 0.1) is 4.08 Å². The lowest BCUT2D eigenvalue weighted by molar-refractivity contribution is -0.178. The van der Waals surface area contributed by atoms with Gasteiger partial charge in [-0.2, -0.15) is 0 Å². The van der Waals surface area contributed by atoms with Crippen molar-refractivity contribution in [3.63, 3.8) is 0 Å². The molecule has 0 aliphatic heterocycles. The van der Waals surface area contributed by atoms with Crippen molar-refractivity contribution in [3.05, 3.63) is 93.0 Å². The topological polar surface area (TPSA) is 140 Å². The first-order chi connectivity index (χ1) is 34.7. The Morgan fingerprint density at radius 2 is 0.538 bits per heavy atom. The first kappa shape index (κ1) is 73.3. The van der Waals surface area contributed by atoms with Gasteiger partial charge in [0.2, 0.25) is 0 Å². The van der Waals surface area contributed by atoms with Crippen LogP contribution in [-0.4, -0.2) is 67.9 Å². The zero-order valence-electron chi connectivity index (χ0n) is 53.7. The van der Waals surface area contributed by atoms with Gasteiger partial charge in [0.25, 0.3) is 0 Å². The SMILES string of the molecule is CC(C)(C)c1cc(S)cc(C(C)(C)C)c1O.CC(C)(C)c1cc(S)cc(C(C)(C)CCO)c1O.CC(C)(Sc1cc(C(C)(C)C)c(O)c(C(C)(C)C)c1)Sc1cc(C(C)(C)C)c(O)c(C(C)(C)CCO)c1.COC(C)(C)OC. The molecule has 0 aliphatic rings. The van der Waals surface area contributed by atoms with Crippen LogP contribution in [0.5, 0.6) is 23.0 Å². The number of phenols is 4. The minimum absolute atomic E-state index is 0.0666. The van der Waals surface area contributed by atoms with Crippen molar-refractivity contribution in [1.29, 1.82) is 0 Å². The lowest BCUT2D eigenvalue weighted by Gasteiger charge is -2.32. The molecule has 0 aromatic heterocycles. The molecule has 78 heavy (non-hydrogen) atoms. The predicted octanol–water partition coefficient (Wildman–Crippen LogP) is 18.2. The Morgan fingerprint density at radius 1 is 0.346 bits per heavy atom. The molecule has 0 saturated heterocycles. The summed E-state index contributed by atoms with van der Waals surface area (Å²) in [6.45, 7) is 54.6. The summed E-state index contributed by atoms with van der Waals surface area (Å²) < 4.78 is 9.51. The van der Waals surface area contributed by atoms with Gasteiger partial charge in [-0.3, -0.25) is 0 Å². The average Bonchev–Trinajstić information content (AvgIpc) is 3.24. The number of rotatable bonds is 12. The van der Waals surface area contributed by atoms with Crippen LogP contribution in [0.4, 0.5) is 0 Å². The maximum Gasteiger partial charge on any atom is 0.161 e. The summed E-state index contributed by atoms with van der Waals surface area (Å²) in [5, 5.41) is 62.1. The average molecular weight is 1160 g/mol. The van der Waals surface area contributed by atoms with Crippen LogP contribution in [0.3, 0.4) is 0 Å². The van der Waals surface area contributed by atoms with E-state index in [0.29, 0.717) is 35.8 Å². The van der Waals surface area contributed by atoms with E-state index in [1.807, 2.05) is 52.0 Å². The van der Waals surface area contributed by atoms with Crippen LogP contribution in [0.25, 0.3) is 0 Å². The molecular weight excluding hydrogens is 1050 g/mol. The summed E-state index contributed by atoms with van der Waals surface area (Å²) in [7, 11) is 3.23. The Hall–Kier alpha value is -2.68. The fourth-order valence-electron chi connectivity index (χ4n) is 8.53. The van der Waals surface area contributed by atoms with Gasteiger partial charge in [0.15, 0.2) is 5.79 Å². The summed E-state index contributed by atoms with van der Waals surface area (Å²) >= 11 is 12.4. The Kier molecular flexibility index (Phi) is 25.5. The number of methoxy groups -OCH3 is 2. The molecule has 4 aromatic rings. The van der Waals surface area contributed by atoms with Gasteiger partial charge < -0.3 is 40.1 Å². The van der Waals surface area contributed by atoms with E-state index in [-0.39, 0.29) is 60.6 Å². The molecule has 4 rings (SSSR count). The standard InChI is InChI=1S/C32H50O3S2.C15H24O2S.C14H22OS.C5H12O2/c1-28(2,3)22-16-20(17-23(26(22)34)29(4,5)6)36-32(12,13)37-21-18-24(30(7,8)9)27(35)25(19-21)31(10,11)14-15-33;1-14(2,3)11-8-10(18)9-12(13(11)17)15(4,5)6-7-16;1-13(2,3)10-7-9(16)8-11(12(10)15)14(4,5)6;1-5(2,6-3)7-4/h16-19,33-35H,14-15H2,1-13H3;8-9,16-18H,6-7H2,1-5H3;7-8,15-16H,1-6H3;1-4H3. The fraction of sp³-hybridized carbons (Fsp3) is 0.636. The van der Waals surface area contributed by atoms with Crippen LogP contribution in [0.15, 0.2) is 68.1 Å². The van der Waals surface area contributed by atoms with Gasteiger partial charge in [-0.05, 0) is 132 Å². The molecule has 0 fully saturated rings. The zero-order valence-corrected chi connectivity index (χ0v) is 57.1. The number of aromatic hydroxyl groups is 4. The van der Waals surface area contributed by atoms with Crippen molar-refractivity contribution in [3.8, 4) is 23.0 Å². The highest BCUT2D eigenvalue weighted by atomic mass is 32.2. The Labute approximate surface area is 494 Å². The summed E-state index contributed by atoms with van der Waals surface area (Å²) in [6.07, 6.45) is 1.19. The quantitative estimate of drug-likeness (QED) is 0.0393. The molecule has 12 heteroatoms. The third kappa shape index (κ3) is 21.6. The molecule has 0 bridgehead atoms. The molecule has 0 amide bonds.